The monoisotopic (exact) mass is 182 g/mol. The van der Waals surface area contributed by atoms with Gasteiger partial charge in [-0.1, -0.05) is 0 Å². The number of carbonyl (C=O) groups excluding carboxylic acids is 1. The van der Waals surface area contributed by atoms with Crippen LogP contribution in [0.1, 0.15) is 0 Å². The number of methoxy groups -OCH3 is 1. The maximum Gasteiger partial charge on any atom is 0.420 e. The van der Waals surface area contributed by atoms with E-state index in [-0.39, 0.29) is 12.3 Å². The Balaban J connectivity index is 4.03. The van der Waals surface area contributed by atoms with Crippen molar-refractivity contribution in [2.24, 2.45) is 5.73 Å². The Bertz CT molecular complexity index is 222. The first-order valence-corrected chi connectivity index (χ1v) is 4.45. The number of carbonyl (C=O) groups is 1. The Kier molecular flexibility index (Phi) is 3.83. The Hall–Kier alpha value is -0.820. The van der Waals surface area contributed by atoms with Crippen LogP contribution >= 0.6 is 0 Å². The van der Waals surface area contributed by atoms with Gasteiger partial charge < -0.3 is 10.5 Å². The standard InChI is InChI=1S/C4H10N2O4S/c1-10-4(7)6-11(8,9)3-2-5/h2-3,5H2,1H3,(H,6,7). The second-order valence-electron chi connectivity index (χ2n) is 1.70. The van der Waals surface area contributed by atoms with Gasteiger partial charge in [0.2, 0.25) is 10.0 Å². The first-order valence-electron chi connectivity index (χ1n) is 2.80. The maximum atomic E-state index is 10.7. The molecule has 66 valence electrons. The van der Waals surface area contributed by atoms with Crippen molar-refractivity contribution in [2.45, 2.75) is 0 Å². The summed E-state index contributed by atoms with van der Waals surface area (Å²) in [6.45, 7) is -0.0354. The Morgan fingerprint density at radius 1 is 1.64 bits per heavy atom. The molecule has 0 bridgehead atoms. The minimum absolute atomic E-state index is 0.0354. The summed E-state index contributed by atoms with van der Waals surface area (Å²) in [6, 6.07) is 0. The van der Waals surface area contributed by atoms with Crippen molar-refractivity contribution in [2.75, 3.05) is 19.4 Å². The Morgan fingerprint density at radius 3 is 2.55 bits per heavy atom. The summed E-state index contributed by atoms with van der Waals surface area (Å²) in [7, 11) is -2.52. The van der Waals surface area contributed by atoms with Gasteiger partial charge in [-0.2, -0.15) is 0 Å². The van der Waals surface area contributed by atoms with E-state index in [2.05, 4.69) is 4.74 Å². The average Bonchev–Trinajstić information content (AvgIpc) is 1.86. The molecular formula is C4H10N2O4S. The van der Waals surface area contributed by atoms with E-state index in [9.17, 15) is 13.2 Å². The summed E-state index contributed by atoms with van der Waals surface area (Å²) in [5, 5.41) is 0. The average molecular weight is 182 g/mol. The van der Waals surface area contributed by atoms with Crippen molar-refractivity contribution in [3.8, 4) is 0 Å². The fraction of sp³-hybridized carbons (Fsp3) is 0.750. The van der Waals surface area contributed by atoms with Crippen molar-refractivity contribution in [3.05, 3.63) is 0 Å². The smallest absolute Gasteiger partial charge is 0.420 e. The van der Waals surface area contributed by atoms with Gasteiger partial charge in [0.15, 0.2) is 0 Å². The summed E-state index contributed by atoms with van der Waals surface area (Å²) in [6.07, 6.45) is -1.00. The number of nitrogens with two attached hydrogens (primary N) is 1. The predicted octanol–water partition coefficient (Wildman–Crippen LogP) is -1.37. The maximum absolute atomic E-state index is 10.7. The first kappa shape index (κ1) is 10.2. The molecule has 0 rings (SSSR count). The molecule has 6 nitrogen and oxygen atoms in total. The lowest BCUT2D eigenvalue weighted by atomic mass is 10.8. The van der Waals surface area contributed by atoms with Crippen LogP contribution in [0.2, 0.25) is 0 Å². The van der Waals surface area contributed by atoms with E-state index in [1.807, 2.05) is 0 Å². The second-order valence-corrected chi connectivity index (χ2v) is 3.54. The molecular weight excluding hydrogens is 172 g/mol. The van der Waals surface area contributed by atoms with Crippen LogP contribution in [0.4, 0.5) is 4.79 Å². The van der Waals surface area contributed by atoms with Crippen LogP contribution in [-0.4, -0.2) is 33.9 Å². The minimum atomic E-state index is -3.59. The van der Waals surface area contributed by atoms with Gasteiger partial charge >= 0.3 is 6.09 Å². The van der Waals surface area contributed by atoms with Crippen LogP contribution < -0.4 is 10.5 Å². The van der Waals surface area contributed by atoms with Crippen molar-refractivity contribution in [1.82, 2.24) is 4.72 Å². The predicted molar refractivity (Wildman–Crippen MR) is 38.4 cm³/mol. The molecule has 0 aliphatic heterocycles. The Labute approximate surface area is 64.8 Å². The molecule has 1 amide bonds. The van der Waals surface area contributed by atoms with E-state index < -0.39 is 16.1 Å². The van der Waals surface area contributed by atoms with Gasteiger partial charge in [0.25, 0.3) is 0 Å². The minimum Gasteiger partial charge on any atom is -0.452 e. The second kappa shape index (κ2) is 4.14. The highest BCUT2D eigenvalue weighted by atomic mass is 32.2. The first-order chi connectivity index (χ1) is 5.02. The SMILES string of the molecule is COC(=O)NS(=O)(=O)CCN. The van der Waals surface area contributed by atoms with Gasteiger partial charge in [0.05, 0.1) is 12.9 Å². The zero-order valence-corrected chi connectivity index (χ0v) is 6.85. The van der Waals surface area contributed by atoms with Crippen LogP contribution in [0.5, 0.6) is 0 Å². The lowest BCUT2D eigenvalue weighted by Crippen LogP contribution is -2.34. The van der Waals surface area contributed by atoms with Gasteiger partial charge in [-0.25, -0.2) is 17.9 Å². The van der Waals surface area contributed by atoms with E-state index in [4.69, 9.17) is 5.73 Å². The van der Waals surface area contributed by atoms with Crippen molar-refractivity contribution >= 4 is 16.1 Å². The fourth-order valence-electron chi connectivity index (χ4n) is 0.375. The fourth-order valence-corrected chi connectivity index (χ4v) is 1.12. The lowest BCUT2D eigenvalue weighted by molar-refractivity contribution is 0.177. The molecule has 0 radical (unpaired) electrons. The molecule has 0 atom stereocenters. The highest BCUT2D eigenvalue weighted by Gasteiger charge is 2.12. The molecule has 0 aromatic rings. The molecule has 11 heavy (non-hydrogen) atoms. The molecule has 0 heterocycles. The highest BCUT2D eigenvalue weighted by Crippen LogP contribution is 1.82. The van der Waals surface area contributed by atoms with Gasteiger partial charge in [-0.15, -0.1) is 0 Å². The summed E-state index contributed by atoms with van der Waals surface area (Å²) in [4.78, 5) is 10.3. The van der Waals surface area contributed by atoms with Crippen LogP contribution in [0.3, 0.4) is 0 Å². The van der Waals surface area contributed by atoms with Gasteiger partial charge in [0, 0.05) is 6.54 Å². The van der Waals surface area contributed by atoms with Crippen molar-refractivity contribution in [3.63, 3.8) is 0 Å². The third-order valence-corrected chi connectivity index (χ3v) is 2.06. The Morgan fingerprint density at radius 2 is 2.18 bits per heavy atom. The molecule has 7 heteroatoms. The molecule has 3 N–H and O–H groups in total. The van der Waals surface area contributed by atoms with Crippen LogP contribution in [0, 0.1) is 0 Å². The molecule has 0 saturated carbocycles. The van der Waals surface area contributed by atoms with E-state index in [1.54, 1.807) is 4.72 Å². The normalized spacial score (nSPS) is 10.7. The molecule has 0 aromatic heterocycles. The topological polar surface area (TPSA) is 98.5 Å². The molecule has 0 aromatic carbocycles. The zero-order valence-electron chi connectivity index (χ0n) is 6.03. The van der Waals surface area contributed by atoms with Crippen LogP contribution in [-0.2, 0) is 14.8 Å². The molecule has 0 aliphatic rings. The van der Waals surface area contributed by atoms with Crippen LogP contribution in [0.25, 0.3) is 0 Å². The third-order valence-electron chi connectivity index (χ3n) is 0.811. The van der Waals surface area contributed by atoms with E-state index in [0.29, 0.717) is 0 Å². The van der Waals surface area contributed by atoms with E-state index in [0.717, 1.165) is 7.11 Å². The molecule has 0 fully saturated rings. The lowest BCUT2D eigenvalue weighted by Gasteiger charge is -2.02. The summed E-state index contributed by atoms with van der Waals surface area (Å²) in [5.74, 6) is -0.290. The number of hydrogen-bond donors (Lipinski definition) is 2. The van der Waals surface area contributed by atoms with E-state index in [1.165, 1.54) is 0 Å². The van der Waals surface area contributed by atoms with Gasteiger partial charge in [0.1, 0.15) is 0 Å². The molecule has 0 spiro atoms. The molecule has 0 unspecified atom stereocenters. The number of ether oxygens (including phenoxy) is 1. The largest absolute Gasteiger partial charge is 0.452 e. The van der Waals surface area contributed by atoms with Gasteiger partial charge in [-0.3, -0.25) is 0 Å². The summed E-state index contributed by atoms with van der Waals surface area (Å²) < 4.78 is 27.1. The van der Waals surface area contributed by atoms with E-state index >= 15 is 0 Å². The highest BCUT2D eigenvalue weighted by molar-refractivity contribution is 7.90. The number of sulfonamides is 1. The van der Waals surface area contributed by atoms with Crippen molar-refractivity contribution in [1.29, 1.82) is 0 Å². The number of amides is 1. The van der Waals surface area contributed by atoms with Gasteiger partial charge in [-0.05, 0) is 0 Å². The third kappa shape index (κ3) is 4.57. The van der Waals surface area contributed by atoms with Crippen LogP contribution in [0.15, 0.2) is 0 Å². The summed E-state index contributed by atoms with van der Waals surface area (Å²) in [5.41, 5.74) is 4.96. The molecule has 0 aliphatic carbocycles. The number of nitrogens with one attached hydrogen (secondary N) is 1. The van der Waals surface area contributed by atoms with Crippen molar-refractivity contribution < 1.29 is 17.9 Å². The molecule has 0 saturated heterocycles. The summed E-state index contributed by atoms with van der Waals surface area (Å²) >= 11 is 0. The zero-order chi connectivity index (χ0) is 8.91. The number of hydrogen-bond acceptors (Lipinski definition) is 5. The number of rotatable bonds is 3. The quantitative estimate of drug-likeness (QED) is 0.561.